The molecule has 0 aromatic heterocycles. The van der Waals surface area contributed by atoms with Gasteiger partial charge in [-0.2, -0.15) is 0 Å². The monoisotopic (exact) mass is 342 g/mol. The Balaban J connectivity index is 1.69. The number of esters is 1. The van der Waals surface area contributed by atoms with Crippen LogP contribution in [0.2, 0.25) is 0 Å². The summed E-state index contributed by atoms with van der Waals surface area (Å²) in [6.07, 6.45) is 0. The quantitative estimate of drug-likeness (QED) is 0.588. The van der Waals surface area contributed by atoms with Crippen LogP contribution in [0.3, 0.4) is 0 Å². The van der Waals surface area contributed by atoms with Crippen molar-refractivity contribution in [2.24, 2.45) is 0 Å². The Hall–Kier alpha value is -3.02. The summed E-state index contributed by atoms with van der Waals surface area (Å²) in [5, 5.41) is 2.64. The predicted molar refractivity (Wildman–Crippen MR) is 96.0 cm³/mol. The van der Waals surface area contributed by atoms with E-state index in [1.807, 2.05) is 55.4 Å². The Bertz CT molecular complexity index is 702. The van der Waals surface area contributed by atoms with Crippen molar-refractivity contribution < 1.29 is 19.1 Å². The molecule has 0 saturated heterocycles. The van der Waals surface area contributed by atoms with Crippen LogP contribution in [0.5, 0.6) is 5.75 Å². The van der Waals surface area contributed by atoms with E-state index in [0.29, 0.717) is 18.7 Å². The zero-order valence-electron chi connectivity index (χ0n) is 14.4. The fourth-order valence-electron chi connectivity index (χ4n) is 2.05. The average molecular weight is 342 g/mol. The highest BCUT2D eigenvalue weighted by molar-refractivity contribution is 5.92. The van der Waals surface area contributed by atoms with Gasteiger partial charge in [-0.25, -0.2) is 4.79 Å². The first-order chi connectivity index (χ1) is 12.1. The summed E-state index contributed by atoms with van der Waals surface area (Å²) in [6, 6.07) is 16.4. The molecule has 6 nitrogen and oxygen atoms in total. The Morgan fingerprint density at radius 2 is 1.80 bits per heavy atom. The van der Waals surface area contributed by atoms with Gasteiger partial charge in [0.05, 0.1) is 12.1 Å². The Kier molecular flexibility index (Phi) is 6.83. The number of para-hydroxylation sites is 1. The van der Waals surface area contributed by atoms with Gasteiger partial charge in [-0.05, 0) is 30.3 Å². The standard InChI is InChI=1S/C19H22N2O4/c1-21(2)16-8-6-7-15(13-16)19(23)25-14-18(22)20-11-12-24-17-9-4-3-5-10-17/h3-10,13H,11-12,14H2,1-2H3,(H,20,22). The first-order valence-electron chi connectivity index (χ1n) is 7.95. The van der Waals surface area contributed by atoms with Crippen molar-refractivity contribution in [3.63, 3.8) is 0 Å². The van der Waals surface area contributed by atoms with Crippen molar-refractivity contribution in [3.8, 4) is 5.75 Å². The molecule has 0 atom stereocenters. The second-order valence-corrected chi connectivity index (χ2v) is 5.53. The van der Waals surface area contributed by atoms with Gasteiger partial charge in [0.2, 0.25) is 0 Å². The minimum atomic E-state index is -0.528. The number of rotatable bonds is 8. The lowest BCUT2D eigenvalue weighted by Gasteiger charge is -2.13. The third kappa shape index (κ3) is 6.18. The van der Waals surface area contributed by atoms with Crippen LogP contribution >= 0.6 is 0 Å². The zero-order valence-corrected chi connectivity index (χ0v) is 14.4. The maximum atomic E-state index is 12.0. The second-order valence-electron chi connectivity index (χ2n) is 5.53. The molecule has 0 heterocycles. The van der Waals surface area contributed by atoms with E-state index < -0.39 is 5.97 Å². The molecular formula is C19H22N2O4. The minimum absolute atomic E-state index is 0.323. The van der Waals surface area contributed by atoms with Gasteiger partial charge in [0.25, 0.3) is 5.91 Å². The highest BCUT2D eigenvalue weighted by Crippen LogP contribution is 2.14. The normalized spacial score (nSPS) is 10.0. The van der Waals surface area contributed by atoms with Crippen LogP contribution in [0.1, 0.15) is 10.4 Å². The molecule has 0 radical (unpaired) electrons. The molecule has 1 N–H and O–H groups in total. The lowest BCUT2D eigenvalue weighted by molar-refractivity contribution is -0.124. The number of benzene rings is 2. The molecule has 0 spiro atoms. The fraction of sp³-hybridized carbons (Fsp3) is 0.263. The highest BCUT2D eigenvalue weighted by atomic mass is 16.5. The Morgan fingerprint density at radius 3 is 2.52 bits per heavy atom. The van der Waals surface area contributed by atoms with Crippen LogP contribution in [-0.4, -0.2) is 45.7 Å². The van der Waals surface area contributed by atoms with Gasteiger partial charge >= 0.3 is 5.97 Å². The molecule has 6 heteroatoms. The maximum Gasteiger partial charge on any atom is 0.338 e. The molecule has 0 fully saturated rings. The van der Waals surface area contributed by atoms with Gasteiger partial charge in [0, 0.05) is 19.8 Å². The molecular weight excluding hydrogens is 320 g/mol. The Morgan fingerprint density at radius 1 is 1.04 bits per heavy atom. The minimum Gasteiger partial charge on any atom is -0.492 e. The number of amides is 1. The number of carbonyl (C=O) groups is 2. The number of anilines is 1. The van der Waals surface area contributed by atoms with Crippen molar-refractivity contribution in [3.05, 3.63) is 60.2 Å². The number of hydrogen-bond donors (Lipinski definition) is 1. The topological polar surface area (TPSA) is 67.9 Å². The summed E-state index contributed by atoms with van der Waals surface area (Å²) in [6.45, 7) is 0.354. The van der Waals surface area contributed by atoms with Gasteiger partial charge in [-0.15, -0.1) is 0 Å². The predicted octanol–water partition coefficient (Wildman–Crippen LogP) is 2.10. The van der Waals surface area contributed by atoms with E-state index in [-0.39, 0.29) is 12.5 Å². The van der Waals surface area contributed by atoms with Gasteiger partial charge in [0.15, 0.2) is 6.61 Å². The Labute approximate surface area is 147 Å². The second kappa shape index (κ2) is 9.32. The number of carbonyl (C=O) groups excluding carboxylic acids is 2. The summed E-state index contributed by atoms with van der Waals surface area (Å²) >= 11 is 0. The third-order valence-electron chi connectivity index (χ3n) is 3.37. The van der Waals surface area contributed by atoms with Crippen LogP contribution in [0.4, 0.5) is 5.69 Å². The van der Waals surface area contributed by atoms with Gasteiger partial charge in [-0.3, -0.25) is 4.79 Å². The summed E-state index contributed by atoms with van der Waals surface area (Å²) in [5.74, 6) is -0.155. The summed E-state index contributed by atoms with van der Waals surface area (Å²) in [4.78, 5) is 25.6. The molecule has 0 aliphatic rings. The first-order valence-corrected chi connectivity index (χ1v) is 7.95. The van der Waals surface area contributed by atoms with Crippen molar-refractivity contribution in [1.82, 2.24) is 5.32 Å². The average Bonchev–Trinajstić information content (AvgIpc) is 2.64. The third-order valence-corrected chi connectivity index (χ3v) is 3.37. The van der Waals surface area contributed by atoms with E-state index >= 15 is 0 Å². The first kappa shape index (κ1) is 18.3. The van der Waals surface area contributed by atoms with Gasteiger partial charge < -0.3 is 19.7 Å². The number of nitrogens with zero attached hydrogens (tertiary/aromatic N) is 1. The van der Waals surface area contributed by atoms with Crippen LogP contribution < -0.4 is 15.0 Å². The molecule has 1 amide bonds. The van der Waals surface area contributed by atoms with Crippen molar-refractivity contribution in [2.75, 3.05) is 38.8 Å². The lowest BCUT2D eigenvalue weighted by Crippen LogP contribution is -2.32. The zero-order chi connectivity index (χ0) is 18.1. The number of nitrogens with one attached hydrogen (secondary N) is 1. The smallest absolute Gasteiger partial charge is 0.338 e. The van der Waals surface area contributed by atoms with Crippen LogP contribution in [0, 0.1) is 0 Å². The molecule has 0 aliphatic heterocycles. The molecule has 0 aliphatic carbocycles. The SMILES string of the molecule is CN(C)c1cccc(C(=O)OCC(=O)NCCOc2ccccc2)c1. The van der Waals surface area contributed by atoms with Crippen LogP contribution in [-0.2, 0) is 9.53 Å². The van der Waals surface area contributed by atoms with Gasteiger partial charge in [0.1, 0.15) is 12.4 Å². The van der Waals surface area contributed by atoms with Crippen molar-refractivity contribution >= 4 is 17.6 Å². The molecule has 2 rings (SSSR count). The summed E-state index contributed by atoms with van der Waals surface area (Å²) < 4.78 is 10.5. The van der Waals surface area contributed by atoms with Gasteiger partial charge in [-0.1, -0.05) is 24.3 Å². The lowest BCUT2D eigenvalue weighted by atomic mass is 10.2. The molecule has 132 valence electrons. The van der Waals surface area contributed by atoms with Crippen LogP contribution in [0.25, 0.3) is 0 Å². The summed E-state index contributed by atoms with van der Waals surface area (Å²) in [5.41, 5.74) is 1.29. The maximum absolute atomic E-state index is 12.0. The molecule has 2 aromatic carbocycles. The molecule has 0 saturated carbocycles. The van der Waals surface area contributed by atoms with E-state index in [4.69, 9.17) is 9.47 Å². The molecule has 25 heavy (non-hydrogen) atoms. The van der Waals surface area contributed by atoms with E-state index in [1.165, 1.54) is 0 Å². The van der Waals surface area contributed by atoms with Crippen molar-refractivity contribution in [2.45, 2.75) is 0 Å². The van der Waals surface area contributed by atoms with E-state index in [0.717, 1.165) is 11.4 Å². The summed E-state index contributed by atoms with van der Waals surface area (Å²) in [7, 11) is 3.77. The van der Waals surface area contributed by atoms with Crippen molar-refractivity contribution in [1.29, 1.82) is 0 Å². The highest BCUT2D eigenvalue weighted by Gasteiger charge is 2.11. The number of hydrogen-bond acceptors (Lipinski definition) is 5. The molecule has 0 unspecified atom stereocenters. The molecule has 0 bridgehead atoms. The number of ether oxygens (including phenoxy) is 2. The van der Waals surface area contributed by atoms with Crippen LogP contribution in [0.15, 0.2) is 54.6 Å². The molecule has 2 aromatic rings. The van der Waals surface area contributed by atoms with E-state index in [9.17, 15) is 9.59 Å². The van der Waals surface area contributed by atoms with E-state index in [2.05, 4.69) is 5.32 Å². The largest absolute Gasteiger partial charge is 0.492 e. The van der Waals surface area contributed by atoms with E-state index in [1.54, 1.807) is 18.2 Å². The fourth-order valence-corrected chi connectivity index (χ4v) is 2.05.